The van der Waals surface area contributed by atoms with E-state index >= 15 is 0 Å². The maximum Gasteiger partial charge on any atom is 0.220 e. The van der Waals surface area contributed by atoms with Gasteiger partial charge < -0.3 is 15.0 Å². The second-order valence-corrected chi connectivity index (χ2v) is 6.70. The van der Waals surface area contributed by atoms with Crippen LogP contribution in [0, 0.1) is 24.7 Å². The summed E-state index contributed by atoms with van der Waals surface area (Å²) in [6, 6.07) is 0. The van der Waals surface area contributed by atoms with Crippen LogP contribution >= 0.6 is 0 Å². The Morgan fingerprint density at radius 1 is 1.35 bits per heavy atom. The number of hydrogen-bond acceptors (Lipinski definition) is 5. The molecule has 0 bridgehead atoms. The van der Waals surface area contributed by atoms with Crippen molar-refractivity contribution in [3.05, 3.63) is 23.8 Å². The van der Waals surface area contributed by atoms with Gasteiger partial charge in [-0.15, -0.1) is 0 Å². The van der Waals surface area contributed by atoms with Gasteiger partial charge in [0.1, 0.15) is 0 Å². The van der Waals surface area contributed by atoms with E-state index in [1.54, 1.807) is 12.4 Å². The van der Waals surface area contributed by atoms with Crippen LogP contribution in [-0.2, 0) is 16.1 Å². The lowest BCUT2D eigenvalue weighted by Crippen LogP contribution is -2.38. The molecule has 2 fully saturated rings. The molecule has 0 aromatic carbocycles. The minimum atomic E-state index is 0.0802. The van der Waals surface area contributed by atoms with E-state index in [4.69, 9.17) is 4.74 Å². The van der Waals surface area contributed by atoms with Gasteiger partial charge in [0.25, 0.3) is 0 Å². The first-order valence-electron chi connectivity index (χ1n) is 8.50. The Hall–Kier alpha value is -1.53. The molecule has 6 nitrogen and oxygen atoms in total. The lowest BCUT2D eigenvalue weighted by atomic mass is 9.81. The van der Waals surface area contributed by atoms with Gasteiger partial charge >= 0.3 is 0 Å². The van der Waals surface area contributed by atoms with Crippen molar-refractivity contribution in [3.63, 3.8) is 0 Å². The summed E-state index contributed by atoms with van der Waals surface area (Å²) in [6.45, 7) is 9.38. The highest BCUT2D eigenvalue weighted by Crippen LogP contribution is 2.35. The fourth-order valence-electron chi connectivity index (χ4n) is 3.67. The van der Waals surface area contributed by atoms with Gasteiger partial charge in [-0.05, 0) is 31.2 Å². The molecule has 6 heteroatoms. The highest BCUT2D eigenvalue weighted by Gasteiger charge is 2.40. The lowest BCUT2D eigenvalue weighted by Gasteiger charge is -2.32. The Morgan fingerprint density at radius 2 is 2.22 bits per heavy atom. The molecule has 23 heavy (non-hydrogen) atoms. The van der Waals surface area contributed by atoms with Crippen LogP contribution in [-0.4, -0.2) is 53.6 Å². The zero-order valence-corrected chi connectivity index (χ0v) is 14.0. The van der Waals surface area contributed by atoms with E-state index in [0.29, 0.717) is 37.3 Å². The molecular weight excluding hydrogens is 292 g/mol. The van der Waals surface area contributed by atoms with Gasteiger partial charge in [0, 0.05) is 25.7 Å². The maximum atomic E-state index is 12.3. The molecule has 3 heterocycles. The molecule has 0 spiro atoms. The zero-order chi connectivity index (χ0) is 16.2. The summed E-state index contributed by atoms with van der Waals surface area (Å²) in [7, 11) is 0. The summed E-state index contributed by atoms with van der Waals surface area (Å²) in [5, 5.41) is 2.96. The molecule has 1 N–H and O–H groups in total. The monoisotopic (exact) mass is 318 g/mol. The summed E-state index contributed by atoms with van der Waals surface area (Å²) in [4.78, 5) is 23.2. The van der Waals surface area contributed by atoms with E-state index in [2.05, 4.69) is 27.1 Å². The maximum absolute atomic E-state index is 12.3. The molecule has 0 radical (unpaired) electrons. The van der Waals surface area contributed by atoms with Crippen LogP contribution in [0.3, 0.4) is 0 Å². The summed E-state index contributed by atoms with van der Waals surface area (Å²) in [6.07, 6.45) is 3.97. The quantitative estimate of drug-likeness (QED) is 0.877. The highest BCUT2D eigenvalue weighted by molar-refractivity contribution is 5.76. The third-order valence-electron chi connectivity index (χ3n) is 5.03. The molecule has 0 aliphatic carbocycles. The van der Waals surface area contributed by atoms with Crippen molar-refractivity contribution in [1.29, 1.82) is 0 Å². The van der Waals surface area contributed by atoms with Crippen molar-refractivity contribution in [2.75, 3.05) is 32.8 Å². The predicted molar refractivity (Wildman–Crippen MR) is 86.6 cm³/mol. The second-order valence-electron chi connectivity index (χ2n) is 6.70. The largest absolute Gasteiger partial charge is 0.381 e. The van der Waals surface area contributed by atoms with Crippen LogP contribution < -0.4 is 5.32 Å². The third kappa shape index (κ3) is 4.06. The van der Waals surface area contributed by atoms with E-state index in [1.165, 1.54) is 0 Å². The fraction of sp³-hybridized carbons (Fsp3) is 0.706. The highest BCUT2D eigenvalue weighted by atomic mass is 16.5. The summed E-state index contributed by atoms with van der Waals surface area (Å²) < 4.78 is 5.74. The third-order valence-corrected chi connectivity index (χ3v) is 5.03. The number of aromatic nitrogens is 2. The van der Waals surface area contributed by atoms with Gasteiger partial charge in [0.15, 0.2) is 0 Å². The smallest absolute Gasteiger partial charge is 0.220 e. The van der Waals surface area contributed by atoms with E-state index in [-0.39, 0.29) is 5.91 Å². The van der Waals surface area contributed by atoms with Crippen LogP contribution in [0.1, 0.15) is 24.7 Å². The van der Waals surface area contributed by atoms with E-state index in [0.717, 1.165) is 37.6 Å². The van der Waals surface area contributed by atoms with Crippen LogP contribution in [0.4, 0.5) is 0 Å². The topological polar surface area (TPSA) is 67.3 Å². The zero-order valence-electron chi connectivity index (χ0n) is 14.0. The van der Waals surface area contributed by atoms with Gasteiger partial charge in [-0.2, -0.15) is 0 Å². The Labute approximate surface area is 137 Å². The first kappa shape index (κ1) is 16.3. The molecular formula is C17H26N4O2. The standard InChI is InChI=1S/C17H26N4O2/c1-3-21-8-14-11-23-10-13(16(14)9-21)4-17(22)20-7-15-6-18-12(2)5-19-15/h5-6,13-14,16H,3-4,7-11H2,1-2H3,(H,20,22)/t13-,14-,16+/m1/s1. The molecule has 1 aromatic rings. The van der Waals surface area contributed by atoms with Crippen molar-refractivity contribution in [2.24, 2.45) is 17.8 Å². The van der Waals surface area contributed by atoms with Crippen molar-refractivity contribution in [3.8, 4) is 0 Å². The number of amides is 1. The number of fused-ring (bicyclic) bond motifs is 1. The average molecular weight is 318 g/mol. The molecule has 3 atom stereocenters. The minimum absolute atomic E-state index is 0.0802. The van der Waals surface area contributed by atoms with Gasteiger partial charge in [0.2, 0.25) is 5.91 Å². The molecule has 2 aliphatic rings. The molecule has 2 saturated heterocycles. The lowest BCUT2D eigenvalue weighted by molar-refractivity contribution is -0.124. The van der Waals surface area contributed by atoms with Crippen molar-refractivity contribution >= 4 is 5.91 Å². The van der Waals surface area contributed by atoms with Crippen molar-refractivity contribution < 1.29 is 9.53 Å². The molecule has 1 amide bonds. The SMILES string of the molecule is CCN1C[C@@H]2COC[C@@H](CC(=O)NCc3cnc(C)cn3)[C@@H]2C1. The molecule has 0 saturated carbocycles. The predicted octanol–water partition coefficient (Wildman–Crippen LogP) is 1.01. The first-order chi connectivity index (χ1) is 11.2. The molecule has 126 valence electrons. The Kier molecular flexibility index (Phi) is 5.23. The fourth-order valence-corrected chi connectivity index (χ4v) is 3.67. The van der Waals surface area contributed by atoms with Crippen LogP contribution in [0.2, 0.25) is 0 Å². The van der Waals surface area contributed by atoms with Crippen LogP contribution in [0.25, 0.3) is 0 Å². The molecule has 0 unspecified atom stereocenters. The van der Waals surface area contributed by atoms with Crippen molar-refractivity contribution in [2.45, 2.75) is 26.8 Å². The number of aryl methyl sites for hydroxylation is 1. The Balaban J connectivity index is 1.50. The Morgan fingerprint density at radius 3 is 2.96 bits per heavy atom. The molecule has 3 rings (SSSR count). The summed E-state index contributed by atoms with van der Waals surface area (Å²) in [5.74, 6) is 1.59. The number of ether oxygens (including phenoxy) is 1. The normalized spacial score (nSPS) is 27.7. The second kappa shape index (κ2) is 7.36. The number of hydrogen-bond donors (Lipinski definition) is 1. The van der Waals surface area contributed by atoms with Crippen LogP contribution in [0.5, 0.6) is 0 Å². The van der Waals surface area contributed by atoms with Gasteiger partial charge in [-0.1, -0.05) is 6.92 Å². The number of rotatable bonds is 5. The summed E-state index contributed by atoms with van der Waals surface area (Å²) in [5.41, 5.74) is 1.67. The van der Waals surface area contributed by atoms with Gasteiger partial charge in [-0.25, -0.2) is 0 Å². The summed E-state index contributed by atoms with van der Waals surface area (Å²) >= 11 is 0. The number of nitrogens with zero attached hydrogens (tertiary/aromatic N) is 3. The molecule has 1 aromatic heterocycles. The number of carbonyl (C=O) groups excluding carboxylic acids is 1. The molecule has 2 aliphatic heterocycles. The minimum Gasteiger partial charge on any atom is -0.381 e. The van der Waals surface area contributed by atoms with E-state index < -0.39 is 0 Å². The average Bonchev–Trinajstić information content (AvgIpc) is 2.99. The van der Waals surface area contributed by atoms with E-state index in [1.807, 2.05) is 6.92 Å². The Bertz CT molecular complexity index is 534. The number of carbonyl (C=O) groups is 1. The van der Waals surface area contributed by atoms with Gasteiger partial charge in [-0.3, -0.25) is 14.8 Å². The first-order valence-corrected chi connectivity index (χ1v) is 8.50. The van der Waals surface area contributed by atoms with Crippen LogP contribution in [0.15, 0.2) is 12.4 Å². The van der Waals surface area contributed by atoms with Gasteiger partial charge in [0.05, 0.1) is 37.3 Å². The van der Waals surface area contributed by atoms with E-state index in [9.17, 15) is 4.79 Å². The number of nitrogens with one attached hydrogen (secondary N) is 1. The van der Waals surface area contributed by atoms with Crippen molar-refractivity contribution in [1.82, 2.24) is 20.2 Å². The number of likely N-dealkylation sites (tertiary alicyclic amines) is 1.